The van der Waals surface area contributed by atoms with Crippen molar-refractivity contribution in [3.05, 3.63) is 40.5 Å². The van der Waals surface area contributed by atoms with Crippen LogP contribution in [0, 0.1) is 27.7 Å². The van der Waals surface area contributed by atoms with Crippen molar-refractivity contribution in [3.63, 3.8) is 0 Å². The van der Waals surface area contributed by atoms with Crippen molar-refractivity contribution in [2.24, 2.45) is 5.73 Å². The van der Waals surface area contributed by atoms with Gasteiger partial charge in [-0.05, 0) is 57.0 Å². The predicted octanol–water partition coefficient (Wildman–Crippen LogP) is 2.27. The van der Waals surface area contributed by atoms with Crippen LogP contribution in [0.1, 0.15) is 28.3 Å². The molecule has 0 spiro atoms. The van der Waals surface area contributed by atoms with Crippen molar-refractivity contribution in [2.45, 2.75) is 34.1 Å². The van der Waals surface area contributed by atoms with Gasteiger partial charge in [0.15, 0.2) is 5.82 Å². The Bertz CT molecular complexity index is 605. The molecule has 4 nitrogen and oxygen atoms in total. The van der Waals surface area contributed by atoms with E-state index in [0.29, 0.717) is 13.0 Å². The summed E-state index contributed by atoms with van der Waals surface area (Å²) >= 11 is 0. The molecule has 100 valence electrons. The number of benzene rings is 1. The molecule has 0 saturated heterocycles. The lowest BCUT2D eigenvalue weighted by molar-refractivity contribution is 0.827. The maximum atomic E-state index is 5.57. The number of rotatable bonds is 3. The molecule has 2 N–H and O–H groups in total. The van der Waals surface area contributed by atoms with Crippen LogP contribution in [0.2, 0.25) is 0 Å². The van der Waals surface area contributed by atoms with E-state index in [1.165, 1.54) is 16.7 Å². The maximum absolute atomic E-state index is 5.57. The summed E-state index contributed by atoms with van der Waals surface area (Å²) in [6.07, 6.45) is 0.681. The third-order valence-electron chi connectivity index (χ3n) is 3.24. The molecule has 2 rings (SSSR count). The Labute approximate surface area is 114 Å². The fourth-order valence-electron chi connectivity index (χ4n) is 2.10. The highest BCUT2D eigenvalue weighted by molar-refractivity contribution is 5.62. The average Bonchev–Trinajstić information content (AvgIpc) is 2.33. The third kappa shape index (κ3) is 2.96. The van der Waals surface area contributed by atoms with Gasteiger partial charge in [-0.25, -0.2) is 15.0 Å². The summed E-state index contributed by atoms with van der Waals surface area (Å²) in [5, 5.41) is 0. The minimum absolute atomic E-state index is 0.550. The Morgan fingerprint density at radius 2 is 1.58 bits per heavy atom. The van der Waals surface area contributed by atoms with Crippen LogP contribution in [0.5, 0.6) is 0 Å². The quantitative estimate of drug-likeness (QED) is 0.915. The molecule has 0 aliphatic rings. The number of hydrogen-bond donors (Lipinski definition) is 1. The zero-order chi connectivity index (χ0) is 14.0. The first-order valence-corrected chi connectivity index (χ1v) is 6.51. The fourth-order valence-corrected chi connectivity index (χ4v) is 2.10. The van der Waals surface area contributed by atoms with E-state index in [9.17, 15) is 0 Å². The van der Waals surface area contributed by atoms with Crippen LogP contribution in [0.25, 0.3) is 11.4 Å². The Kier molecular flexibility index (Phi) is 3.90. The molecule has 0 atom stereocenters. The first kappa shape index (κ1) is 13.6. The molecule has 0 fully saturated rings. The molecule has 1 heterocycles. The fraction of sp³-hybridized carbons (Fsp3) is 0.400. The molecule has 1 aromatic heterocycles. The van der Waals surface area contributed by atoms with Gasteiger partial charge in [-0.15, -0.1) is 0 Å². The summed E-state index contributed by atoms with van der Waals surface area (Å²) in [5.41, 5.74) is 10.4. The van der Waals surface area contributed by atoms with Crippen LogP contribution in [-0.4, -0.2) is 21.5 Å². The van der Waals surface area contributed by atoms with E-state index in [1.54, 1.807) is 0 Å². The van der Waals surface area contributed by atoms with Crippen molar-refractivity contribution in [2.75, 3.05) is 6.54 Å². The predicted molar refractivity (Wildman–Crippen MR) is 77.0 cm³/mol. The molecule has 0 radical (unpaired) electrons. The Morgan fingerprint density at radius 3 is 2.26 bits per heavy atom. The molecule has 0 bridgehead atoms. The number of nitrogens with zero attached hydrogens (tertiary/aromatic N) is 3. The van der Waals surface area contributed by atoms with Crippen LogP contribution in [0.3, 0.4) is 0 Å². The summed E-state index contributed by atoms with van der Waals surface area (Å²) in [6, 6.07) is 4.32. The van der Waals surface area contributed by atoms with Gasteiger partial charge in [0.05, 0.1) is 0 Å². The van der Waals surface area contributed by atoms with Crippen molar-refractivity contribution < 1.29 is 0 Å². The van der Waals surface area contributed by atoms with E-state index >= 15 is 0 Å². The number of aromatic nitrogens is 3. The largest absolute Gasteiger partial charge is 0.330 e. The van der Waals surface area contributed by atoms with E-state index in [2.05, 4.69) is 47.9 Å². The lowest BCUT2D eigenvalue weighted by Gasteiger charge is -2.10. The molecular weight excluding hydrogens is 236 g/mol. The van der Waals surface area contributed by atoms with Gasteiger partial charge >= 0.3 is 0 Å². The summed E-state index contributed by atoms with van der Waals surface area (Å²) in [4.78, 5) is 13.3. The Balaban J connectivity index is 2.55. The zero-order valence-electron chi connectivity index (χ0n) is 12.0. The van der Waals surface area contributed by atoms with Crippen molar-refractivity contribution >= 4 is 0 Å². The molecule has 0 aliphatic heterocycles. The lowest BCUT2D eigenvalue weighted by atomic mass is 10.0. The molecule has 19 heavy (non-hydrogen) atoms. The normalized spacial score (nSPS) is 10.8. The second kappa shape index (κ2) is 5.45. The maximum Gasteiger partial charge on any atom is 0.163 e. The minimum atomic E-state index is 0.550. The molecule has 4 heteroatoms. The second-order valence-electron chi connectivity index (χ2n) is 4.91. The SMILES string of the molecule is Cc1nc(CCN)nc(-c2cc(C)c(C)cc2C)n1. The van der Waals surface area contributed by atoms with Gasteiger partial charge < -0.3 is 5.73 Å². The standard InChI is InChI=1S/C15H20N4/c1-9-7-11(3)13(8-10(9)2)15-18-12(4)17-14(19-15)5-6-16/h7-8H,5-6,16H2,1-4H3. The monoisotopic (exact) mass is 256 g/mol. The average molecular weight is 256 g/mol. The minimum Gasteiger partial charge on any atom is -0.330 e. The van der Waals surface area contributed by atoms with Crippen molar-refractivity contribution in [3.8, 4) is 11.4 Å². The van der Waals surface area contributed by atoms with Gasteiger partial charge in [0, 0.05) is 12.0 Å². The summed E-state index contributed by atoms with van der Waals surface area (Å²) in [7, 11) is 0. The first-order valence-electron chi connectivity index (χ1n) is 6.51. The number of nitrogens with two attached hydrogens (primary N) is 1. The summed E-state index contributed by atoms with van der Waals surface area (Å²) in [5.74, 6) is 2.25. The smallest absolute Gasteiger partial charge is 0.163 e. The molecule has 1 aromatic carbocycles. The van der Waals surface area contributed by atoms with Crippen molar-refractivity contribution in [1.82, 2.24) is 15.0 Å². The molecular formula is C15H20N4. The molecule has 0 aliphatic carbocycles. The Hall–Kier alpha value is -1.81. The van der Waals surface area contributed by atoms with Crippen LogP contribution in [0.4, 0.5) is 0 Å². The van der Waals surface area contributed by atoms with E-state index in [1.807, 2.05) is 6.92 Å². The van der Waals surface area contributed by atoms with Gasteiger partial charge in [-0.3, -0.25) is 0 Å². The molecule has 0 unspecified atom stereocenters. The number of hydrogen-bond acceptors (Lipinski definition) is 4. The van der Waals surface area contributed by atoms with Crippen LogP contribution < -0.4 is 5.73 Å². The lowest BCUT2D eigenvalue weighted by Crippen LogP contribution is -2.09. The van der Waals surface area contributed by atoms with Crippen LogP contribution in [-0.2, 0) is 6.42 Å². The van der Waals surface area contributed by atoms with Gasteiger partial charge in [-0.2, -0.15) is 0 Å². The number of aryl methyl sites for hydroxylation is 4. The van der Waals surface area contributed by atoms with Gasteiger partial charge in [0.2, 0.25) is 0 Å². The van der Waals surface area contributed by atoms with E-state index in [0.717, 1.165) is 23.0 Å². The third-order valence-corrected chi connectivity index (χ3v) is 3.24. The summed E-state index contributed by atoms with van der Waals surface area (Å²) < 4.78 is 0. The van der Waals surface area contributed by atoms with Crippen LogP contribution >= 0.6 is 0 Å². The van der Waals surface area contributed by atoms with Gasteiger partial charge in [0.1, 0.15) is 11.6 Å². The Morgan fingerprint density at radius 1 is 0.895 bits per heavy atom. The highest BCUT2D eigenvalue weighted by Gasteiger charge is 2.10. The molecule has 2 aromatic rings. The highest BCUT2D eigenvalue weighted by atomic mass is 15.0. The van der Waals surface area contributed by atoms with Gasteiger partial charge in [0.25, 0.3) is 0 Å². The first-order chi connectivity index (χ1) is 9.01. The van der Waals surface area contributed by atoms with Gasteiger partial charge in [-0.1, -0.05) is 6.07 Å². The molecule has 0 saturated carbocycles. The molecule has 0 amide bonds. The van der Waals surface area contributed by atoms with Crippen molar-refractivity contribution in [1.29, 1.82) is 0 Å². The van der Waals surface area contributed by atoms with E-state index in [4.69, 9.17) is 5.73 Å². The van der Waals surface area contributed by atoms with E-state index in [-0.39, 0.29) is 0 Å². The summed E-state index contributed by atoms with van der Waals surface area (Å²) in [6.45, 7) is 8.75. The highest BCUT2D eigenvalue weighted by Crippen LogP contribution is 2.23. The van der Waals surface area contributed by atoms with E-state index < -0.39 is 0 Å². The zero-order valence-corrected chi connectivity index (χ0v) is 12.0. The topological polar surface area (TPSA) is 64.7 Å². The van der Waals surface area contributed by atoms with Crippen LogP contribution in [0.15, 0.2) is 12.1 Å². The second-order valence-corrected chi connectivity index (χ2v) is 4.91.